The number of pyridine rings is 1. The largest absolute Gasteiger partial charge is 0.354 e. The van der Waals surface area contributed by atoms with Crippen molar-refractivity contribution in [3.05, 3.63) is 70.1 Å². The molecule has 4 nitrogen and oxygen atoms in total. The Labute approximate surface area is 149 Å². The normalized spacial score (nSPS) is 12.6. The van der Waals surface area contributed by atoms with Gasteiger partial charge in [-0.05, 0) is 37.3 Å². The van der Waals surface area contributed by atoms with Crippen LogP contribution in [0.5, 0.6) is 0 Å². The van der Waals surface area contributed by atoms with E-state index < -0.39 is 0 Å². The fraction of sp³-hybridized carbons (Fsp3) is 0.429. The molecule has 4 heteroatoms. The summed E-state index contributed by atoms with van der Waals surface area (Å²) in [6.45, 7) is 8.70. The third-order valence-corrected chi connectivity index (χ3v) is 4.61. The highest BCUT2D eigenvalue weighted by atomic mass is 16.2. The molecule has 0 aliphatic heterocycles. The van der Waals surface area contributed by atoms with Gasteiger partial charge in [0.15, 0.2) is 0 Å². The second kappa shape index (κ2) is 8.15. The first-order valence-electron chi connectivity index (χ1n) is 8.81. The molecule has 134 valence electrons. The highest BCUT2D eigenvalue weighted by Crippen LogP contribution is 2.28. The number of hydrogen-bond donors (Lipinski definition) is 1. The number of benzene rings is 1. The number of aromatic nitrogens is 1. The average Bonchev–Trinajstić information content (AvgIpc) is 2.54. The predicted molar refractivity (Wildman–Crippen MR) is 102 cm³/mol. The maximum absolute atomic E-state index is 12.2. The van der Waals surface area contributed by atoms with Crippen LogP contribution in [0.2, 0.25) is 0 Å². The summed E-state index contributed by atoms with van der Waals surface area (Å²) in [6.07, 6.45) is 1.16. The van der Waals surface area contributed by atoms with Gasteiger partial charge in [0.05, 0.1) is 0 Å². The lowest BCUT2D eigenvalue weighted by Gasteiger charge is -2.29. The van der Waals surface area contributed by atoms with Crippen LogP contribution in [0.15, 0.2) is 53.3 Å². The Bertz CT molecular complexity index is 763. The molecular weight excluding hydrogens is 312 g/mol. The lowest BCUT2D eigenvalue weighted by molar-refractivity contribution is -0.122. The van der Waals surface area contributed by atoms with E-state index in [4.69, 9.17) is 0 Å². The van der Waals surface area contributed by atoms with E-state index in [1.165, 1.54) is 11.6 Å². The van der Waals surface area contributed by atoms with Crippen LogP contribution in [0.1, 0.15) is 44.9 Å². The minimum atomic E-state index is -0.0638. The summed E-state index contributed by atoms with van der Waals surface area (Å²) >= 11 is 0. The van der Waals surface area contributed by atoms with Gasteiger partial charge >= 0.3 is 0 Å². The molecule has 0 radical (unpaired) electrons. The summed E-state index contributed by atoms with van der Waals surface area (Å²) in [5.74, 6) is -0.0217. The van der Waals surface area contributed by atoms with Crippen LogP contribution in [0, 0.1) is 6.92 Å². The Kier molecular flexibility index (Phi) is 6.18. The lowest BCUT2D eigenvalue weighted by atomic mass is 9.79. The number of carbonyl (C=O) groups excluding carboxylic acids is 1. The summed E-state index contributed by atoms with van der Waals surface area (Å²) < 4.78 is 1.64. The van der Waals surface area contributed by atoms with Crippen molar-refractivity contribution in [1.82, 2.24) is 9.88 Å². The molecule has 0 bridgehead atoms. The van der Waals surface area contributed by atoms with Gasteiger partial charge < -0.3 is 9.88 Å². The Hall–Kier alpha value is -2.36. The molecule has 1 aromatic carbocycles. The van der Waals surface area contributed by atoms with Gasteiger partial charge in [-0.3, -0.25) is 9.59 Å². The third kappa shape index (κ3) is 5.31. The molecular formula is C21H28N2O2. The molecule has 0 aliphatic rings. The first-order chi connectivity index (χ1) is 11.8. The van der Waals surface area contributed by atoms with Gasteiger partial charge in [-0.1, -0.05) is 50.2 Å². The molecule has 0 aliphatic carbocycles. The summed E-state index contributed by atoms with van der Waals surface area (Å²) in [4.78, 5) is 24.1. The van der Waals surface area contributed by atoms with Gasteiger partial charge in [-0.15, -0.1) is 0 Å². The van der Waals surface area contributed by atoms with Crippen molar-refractivity contribution in [3.63, 3.8) is 0 Å². The van der Waals surface area contributed by atoms with E-state index in [1.54, 1.807) is 10.6 Å². The fourth-order valence-corrected chi connectivity index (χ4v) is 3.29. The van der Waals surface area contributed by atoms with Gasteiger partial charge in [0.1, 0.15) is 0 Å². The van der Waals surface area contributed by atoms with E-state index in [0.29, 0.717) is 13.0 Å². The maximum atomic E-state index is 12.2. The van der Waals surface area contributed by atoms with Gasteiger partial charge in [0.2, 0.25) is 5.91 Å². The Morgan fingerprint density at radius 1 is 1.12 bits per heavy atom. The second-order valence-corrected chi connectivity index (χ2v) is 7.33. The van der Waals surface area contributed by atoms with Crippen molar-refractivity contribution >= 4 is 5.91 Å². The summed E-state index contributed by atoms with van der Waals surface area (Å²) in [7, 11) is 0. The van der Waals surface area contributed by atoms with Crippen LogP contribution < -0.4 is 10.9 Å². The molecule has 2 aromatic rings. The van der Waals surface area contributed by atoms with E-state index in [-0.39, 0.29) is 22.9 Å². The Morgan fingerprint density at radius 2 is 1.80 bits per heavy atom. The molecule has 1 aromatic heterocycles. The molecule has 2 rings (SSSR count). The number of nitrogens with zero attached hydrogens (tertiary/aromatic N) is 1. The maximum Gasteiger partial charge on any atom is 0.250 e. The van der Waals surface area contributed by atoms with Crippen LogP contribution in [0.4, 0.5) is 0 Å². The zero-order valence-electron chi connectivity index (χ0n) is 15.6. The lowest BCUT2D eigenvalue weighted by Crippen LogP contribution is -2.38. The Morgan fingerprint density at radius 3 is 2.44 bits per heavy atom. The van der Waals surface area contributed by atoms with Crippen LogP contribution >= 0.6 is 0 Å². The molecule has 0 fully saturated rings. The number of carbonyl (C=O) groups is 1. The van der Waals surface area contributed by atoms with E-state index in [1.807, 2.05) is 38.1 Å². The molecule has 1 heterocycles. The van der Waals surface area contributed by atoms with E-state index in [9.17, 15) is 9.59 Å². The minimum Gasteiger partial charge on any atom is -0.354 e. The molecule has 0 spiro atoms. The topological polar surface area (TPSA) is 51.1 Å². The number of nitrogens with one attached hydrogen (secondary N) is 1. The standard InChI is InChI=1S/C21H28N2O2/c1-16(15-21(3,4)18-10-6-5-7-11-18)22-19(24)13-14-23-17(2)9-8-12-20(23)25/h5-12,16H,13-15H2,1-4H3,(H,22,24). The molecule has 1 N–H and O–H groups in total. The van der Waals surface area contributed by atoms with Crippen molar-refractivity contribution in [2.24, 2.45) is 0 Å². The highest BCUT2D eigenvalue weighted by molar-refractivity contribution is 5.76. The third-order valence-electron chi connectivity index (χ3n) is 4.61. The minimum absolute atomic E-state index is 0.0130. The van der Waals surface area contributed by atoms with Gasteiger partial charge in [0, 0.05) is 30.8 Å². The van der Waals surface area contributed by atoms with Crippen molar-refractivity contribution < 1.29 is 4.79 Å². The SMILES string of the molecule is Cc1cccc(=O)n1CCC(=O)NC(C)CC(C)(C)c1ccccc1. The fourth-order valence-electron chi connectivity index (χ4n) is 3.29. The second-order valence-electron chi connectivity index (χ2n) is 7.33. The molecule has 1 atom stereocenters. The van der Waals surface area contributed by atoms with Crippen molar-refractivity contribution in [3.8, 4) is 0 Å². The Balaban J connectivity index is 1.89. The molecule has 25 heavy (non-hydrogen) atoms. The van der Waals surface area contributed by atoms with Crippen LogP contribution in [0.25, 0.3) is 0 Å². The first kappa shape index (κ1) is 19.0. The van der Waals surface area contributed by atoms with Crippen molar-refractivity contribution in [2.45, 2.75) is 58.5 Å². The smallest absolute Gasteiger partial charge is 0.250 e. The summed E-state index contributed by atoms with van der Waals surface area (Å²) in [5, 5.41) is 3.06. The van der Waals surface area contributed by atoms with E-state index in [2.05, 4.69) is 31.3 Å². The number of aryl methyl sites for hydroxylation is 1. The quantitative estimate of drug-likeness (QED) is 0.839. The monoisotopic (exact) mass is 340 g/mol. The predicted octanol–water partition coefficient (Wildman–Crippen LogP) is 3.42. The molecule has 1 amide bonds. The zero-order valence-corrected chi connectivity index (χ0v) is 15.6. The van der Waals surface area contributed by atoms with Gasteiger partial charge in [-0.2, -0.15) is 0 Å². The van der Waals surface area contributed by atoms with Crippen LogP contribution in [-0.4, -0.2) is 16.5 Å². The van der Waals surface area contributed by atoms with E-state index in [0.717, 1.165) is 12.1 Å². The summed E-state index contributed by atoms with van der Waals surface area (Å²) in [6, 6.07) is 15.6. The van der Waals surface area contributed by atoms with Gasteiger partial charge in [-0.25, -0.2) is 0 Å². The summed E-state index contributed by atoms with van der Waals surface area (Å²) in [5.41, 5.74) is 2.06. The van der Waals surface area contributed by atoms with Crippen molar-refractivity contribution in [2.75, 3.05) is 0 Å². The molecule has 0 saturated heterocycles. The van der Waals surface area contributed by atoms with Gasteiger partial charge in [0.25, 0.3) is 5.56 Å². The number of amides is 1. The molecule has 0 saturated carbocycles. The number of hydrogen-bond acceptors (Lipinski definition) is 2. The highest BCUT2D eigenvalue weighted by Gasteiger charge is 2.23. The zero-order chi connectivity index (χ0) is 18.4. The van der Waals surface area contributed by atoms with Crippen LogP contribution in [-0.2, 0) is 16.8 Å². The van der Waals surface area contributed by atoms with E-state index >= 15 is 0 Å². The first-order valence-corrected chi connectivity index (χ1v) is 8.81. The van der Waals surface area contributed by atoms with Crippen LogP contribution in [0.3, 0.4) is 0 Å². The van der Waals surface area contributed by atoms with Crippen molar-refractivity contribution in [1.29, 1.82) is 0 Å². The average molecular weight is 340 g/mol. The number of rotatable bonds is 7. The molecule has 1 unspecified atom stereocenters.